The van der Waals surface area contributed by atoms with E-state index in [1.54, 1.807) is 12.1 Å². The average molecular weight is 547 g/mol. The SMILES string of the molecule is O=C(NC(NC(=S)N1C[C@@H]2C[C@@H](C1)c1cccc(=O)n1C2)C(Cl)(Cl)Cl)c1cccc([NH+]([O-])O)c1. The number of aromatic nitrogens is 1. The number of hydrogen-bond donors (Lipinski definition) is 4. The lowest BCUT2D eigenvalue weighted by Gasteiger charge is -2.44. The van der Waals surface area contributed by atoms with Crippen LogP contribution >= 0.6 is 47.0 Å². The summed E-state index contributed by atoms with van der Waals surface area (Å²) in [7, 11) is 0. The number of thiocarbonyl (C=S) groups is 1. The van der Waals surface area contributed by atoms with E-state index in [2.05, 4.69) is 10.6 Å². The van der Waals surface area contributed by atoms with E-state index in [0.29, 0.717) is 24.7 Å². The van der Waals surface area contributed by atoms with E-state index in [1.807, 2.05) is 15.5 Å². The molecule has 182 valence electrons. The van der Waals surface area contributed by atoms with Crippen molar-refractivity contribution in [1.29, 1.82) is 0 Å². The van der Waals surface area contributed by atoms with Gasteiger partial charge in [0.05, 0.1) is 0 Å². The third kappa shape index (κ3) is 5.49. The van der Waals surface area contributed by atoms with E-state index >= 15 is 0 Å². The lowest BCUT2D eigenvalue weighted by molar-refractivity contribution is -0.991. The standard InChI is InChI=1S/C21H22Cl3N5O4S/c22-21(23,24)19(25-18(31)13-3-1-4-15(8-13)29(32)33)26-20(34)27-9-12-7-14(11-27)16-5-2-6-17(30)28(16)10-12/h1-6,8,12,14,19,29,32H,7,9-11H2,(H,25,31)(H,26,34)/t12-,14-,19?/m0/s1. The van der Waals surface area contributed by atoms with Gasteiger partial charge in [0.25, 0.3) is 11.5 Å². The third-order valence-corrected chi connectivity index (χ3v) is 7.04. The summed E-state index contributed by atoms with van der Waals surface area (Å²) in [6.07, 6.45) is -0.227. The van der Waals surface area contributed by atoms with Crippen molar-refractivity contribution >= 4 is 63.7 Å². The Balaban J connectivity index is 1.47. The number of amides is 1. The fourth-order valence-corrected chi connectivity index (χ4v) is 5.08. The maximum atomic E-state index is 12.8. The van der Waals surface area contributed by atoms with Crippen LogP contribution in [0.15, 0.2) is 47.3 Å². The molecule has 2 unspecified atom stereocenters. The molecular formula is C21H22Cl3N5O4S. The Kier molecular flexibility index (Phi) is 7.39. The number of likely N-dealkylation sites (tertiary alicyclic amines) is 1. The van der Waals surface area contributed by atoms with Crippen molar-refractivity contribution in [3.05, 3.63) is 69.3 Å². The van der Waals surface area contributed by atoms with Crippen LogP contribution in [0.25, 0.3) is 0 Å². The number of piperidine rings is 1. The Morgan fingerprint density at radius 1 is 1.18 bits per heavy atom. The predicted octanol–water partition coefficient (Wildman–Crippen LogP) is 1.67. The Bertz CT molecular complexity index is 1160. The first-order valence-corrected chi connectivity index (χ1v) is 12.0. The monoisotopic (exact) mass is 545 g/mol. The van der Waals surface area contributed by atoms with E-state index in [1.165, 1.54) is 24.3 Å². The molecule has 2 aromatic rings. The molecule has 0 spiro atoms. The van der Waals surface area contributed by atoms with E-state index in [4.69, 9.17) is 52.2 Å². The predicted molar refractivity (Wildman–Crippen MR) is 133 cm³/mol. The molecule has 0 aliphatic carbocycles. The molecule has 2 aliphatic heterocycles. The molecule has 34 heavy (non-hydrogen) atoms. The highest BCUT2D eigenvalue weighted by atomic mass is 35.6. The molecule has 4 N–H and O–H groups in total. The molecule has 2 aliphatic rings. The summed E-state index contributed by atoms with van der Waals surface area (Å²) in [5, 5.41) is 25.0. The normalized spacial score (nSPS) is 21.3. The Hall–Kier alpha value is -1.92. The number of quaternary nitrogens is 1. The number of alkyl halides is 3. The van der Waals surface area contributed by atoms with Crippen LogP contribution in [-0.4, -0.2) is 48.7 Å². The second-order valence-corrected chi connectivity index (χ2v) is 11.1. The number of pyridine rings is 1. The molecule has 4 atom stereocenters. The zero-order chi connectivity index (χ0) is 24.6. The number of carbonyl (C=O) groups is 1. The molecule has 13 heteroatoms. The van der Waals surface area contributed by atoms with Gasteiger partial charge in [0, 0.05) is 55.0 Å². The third-order valence-electron chi connectivity index (χ3n) is 6.01. The number of carbonyl (C=O) groups excluding carboxylic acids is 1. The molecule has 1 fully saturated rings. The van der Waals surface area contributed by atoms with E-state index < -0.39 is 21.1 Å². The van der Waals surface area contributed by atoms with Gasteiger partial charge in [-0.3, -0.25) is 9.59 Å². The number of fused-ring (bicyclic) bond motifs is 4. The van der Waals surface area contributed by atoms with Gasteiger partial charge >= 0.3 is 0 Å². The summed E-state index contributed by atoms with van der Waals surface area (Å²) in [6, 6.07) is 10.8. The molecule has 1 aromatic heterocycles. The molecule has 9 nitrogen and oxygen atoms in total. The minimum absolute atomic E-state index is 0.00713. The maximum absolute atomic E-state index is 12.8. The van der Waals surface area contributed by atoms with Gasteiger partial charge < -0.3 is 25.3 Å². The first-order valence-electron chi connectivity index (χ1n) is 10.5. The van der Waals surface area contributed by atoms with Crippen LogP contribution in [0, 0.1) is 11.1 Å². The van der Waals surface area contributed by atoms with Crippen molar-refractivity contribution in [2.24, 2.45) is 5.92 Å². The summed E-state index contributed by atoms with van der Waals surface area (Å²) < 4.78 is -0.127. The minimum Gasteiger partial charge on any atom is -0.595 e. The molecular weight excluding hydrogens is 525 g/mol. The van der Waals surface area contributed by atoms with Crippen molar-refractivity contribution in [1.82, 2.24) is 20.1 Å². The van der Waals surface area contributed by atoms with Gasteiger partial charge in [-0.25, -0.2) is 5.21 Å². The number of hydrogen-bond acceptors (Lipinski definition) is 5. The van der Waals surface area contributed by atoms with Crippen molar-refractivity contribution in [2.45, 2.75) is 28.8 Å². The number of nitrogens with zero attached hydrogens (tertiary/aromatic N) is 2. The summed E-state index contributed by atoms with van der Waals surface area (Å²) in [4.78, 5) is 26.9. The van der Waals surface area contributed by atoms with Gasteiger partial charge in [0.1, 0.15) is 6.17 Å². The molecule has 0 saturated carbocycles. The fourth-order valence-electron chi connectivity index (χ4n) is 4.48. The Morgan fingerprint density at radius 2 is 1.91 bits per heavy atom. The highest BCUT2D eigenvalue weighted by molar-refractivity contribution is 7.80. The first kappa shape index (κ1) is 25.2. The second-order valence-electron chi connectivity index (χ2n) is 8.39. The van der Waals surface area contributed by atoms with Gasteiger partial charge in [-0.2, -0.15) is 5.23 Å². The van der Waals surface area contributed by atoms with Gasteiger partial charge in [-0.1, -0.05) is 46.9 Å². The van der Waals surface area contributed by atoms with Crippen LogP contribution in [0.2, 0.25) is 0 Å². The molecule has 2 bridgehead atoms. The van der Waals surface area contributed by atoms with Crippen LogP contribution in [0.5, 0.6) is 0 Å². The second kappa shape index (κ2) is 9.98. The van der Waals surface area contributed by atoms with Crippen molar-refractivity contribution in [3.8, 4) is 0 Å². The van der Waals surface area contributed by atoms with Crippen LogP contribution in [0.1, 0.15) is 28.4 Å². The number of rotatable bonds is 4. The lowest BCUT2D eigenvalue weighted by Crippen LogP contribution is -2.99. The molecule has 1 aromatic carbocycles. The van der Waals surface area contributed by atoms with E-state index in [9.17, 15) is 14.8 Å². The Morgan fingerprint density at radius 3 is 2.62 bits per heavy atom. The number of benzene rings is 1. The molecule has 1 saturated heterocycles. The Labute approximate surface area is 215 Å². The average Bonchev–Trinajstić information content (AvgIpc) is 2.78. The zero-order valence-electron chi connectivity index (χ0n) is 17.7. The summed E-state index contributed by atoms with van der Waals surface area (Å²) in [5.41, 5.74) is 1.02. The molecule has 1 amide bonds. The summed E-state index contributed by atoms with van der Waals surface area (Å²) in [5.74, 6) is -0.273. The van der Waals surface area contributed by atoms with Crippen LogP contribution in [-0.2, 0) is 6.54 Å². The number of halogens is 3. The largest absolute Gasteiger partial charge is 0.595 e. The first-order chi connectivity index (χ1) is 16.0. The van der Waals surface area contributed by atoms with E-state index in [0.717, 1.165) is 12.1 Å². The van der Waals surface area contributed by atoms with E-state index in [-0.39, 0.29) is 28.6 Å². The molecule has 3 heterocycles. The summed E-state index contributed by atoms with van der Waals surface area (Å²) >= 11 is 23.9. The quantitative estimate of drug-likeness (QED) is 0.200. The highest BCUT2D eigenvalue weighted by Gasteiger charge is 2.39. The molecule has 4 rings (SSSR count). The van der Waals surface area contributed by atoms with Gasteiger partial charge in [-0.05, 0) is 36.7 Å². The van der Waals surface area contributed by atoms with Crippen molar-refractivity contribution in [3.63, 3.8) is 0 Å². The summed E-state index contributed by atoms with van der Waals surface area (Å²) in [6.45, 7) is 1.80. The van der Waals surface area contributed by atoms with Gasteiger partial charge in [0.15, 0.2) is 10.8 Å². The highest BCUT2D eigenvalue weighted by Crippen LogP contribution is 2.35. The molecule has 0 radical (unpaired) electrons. The van der Waals surface area contributed by atoms with Crippen molar-refractivity contribution < 1.29 is 15.2 Å². The van der Waals surface area contributed by atoms with Gasteiger partial charge in [0.2, 0.25) is 3.79 Å². The maximum Gasteiger partial charge on any atom is 0.253 e. The van der Waals surface area contributed by atoms with Crippen LogP contribution < -0.4 is 21.4 Å². The number of nitrogens with one attached hydrogen (secondary N) is 3. The lowest BCUT2D eigenvalue weighted by atomic mass is 9.83. The fraction of sp³-hybridized carbons (Fsp3) is 0.381. The van der Waals surface area contributed by atoms with Gasteiger partial charge in [-0.15, -0.1) is 0 Å². The zero-order valence-corrected chi connectivity index (χ0v) is 20.8. The smallest absolute Gasteiger partial charge is 0.253 e. The van der Waals surface area contributed by atoms with Crippen LogP contribution in [0.3, 0.4) is 0 Å². The van der Waals surface area contributed by atoms with Crippen molar-refractivity contribution in [2.75, 3.05) is 13.1 Å². The topological polar surface area (TPSA) is 114 Å². The van der Waals surface area contributed by atoms with Crippen LogP contribution in [0.4, 0.5) is 5.69 Å². The minimum atomic E-state index is -1.95.